The predicted octanol–water partition coefficient (Wildman–Crippen LogP) is 0.926. The lowest BCUT2D eigenvalue weighted by Gasteiger charge is -2.61. The van der Waals surface area contributed by atoms with Crippen molar-refractivity contribution < 1.29 is 29.6 Å². The van der Waals surface area contributed by atoms with Gasteiger partial charge in [-0.3, -0.25) is 0 Å². The Bertz CT molecular complexity index is 715. The number of carbonyl (C=O) groups excluding carboxylic acids is 1. The van der Waals surface area contributed by atoms with Gasteiger partial charge in [0.1, 0.15) is 17.8 Å². The van der Waals surface area contributed by atoms with Gasteiger partial charge in [-0.1, -0.05) is 20.8 Å². The SMILES string of the molecule is CC(C)[C@H]1[C@@H](O)[C@]23O[C@H]2C[C@H]2C4=C(CC[C@]2(C)[C@]3(O)C[C@@H]1O)C(=O)OC4. The zero-order chi connectivity index (χ0) is 18.6. The van der Waals surface area contributed by atoms with Gasteiger partial charge in [0, 0.05) is 23.3 Å². The third-order valence-corrected chi connectivity index (χ3v) is 8.40. The molecule has 6 nitrogen and oxygen atoms in total. The summed E-state index contributed by atoms with van der Waals surface area (Å²) >= 11 is 0. The summed E-state index contributed by atoms with van der Waals surface area (Å²) in [5.41, 5.74) is -1.11. The fourth-order valence-electron chi connectivity index (χ4n) is 6.95. The molecule has 3 aliphatic carbocycles. The smallest absolute Gasteiger partial charge is 0.334 e. The number of hydrogen-bond donors (Lipinski definition) is 3. The summed E-state index contributed by atoms with van der Waals surface area (Å²) in [4.78, 5) is 12.0. The van der Waals surface area contributed by atoms with E-state index >= 15 is 0 Å². The summed E-state index contributed by atoms with van der Waals surface area (Å²) < 4.78 is 11.4. The maximum atomic E-state index is 12.0. The molecule has 2 heterocycles. The number of esters is 1. The lowest BCUT2D eigenvalue weighted by atomic mass is 9.44. The molecule has 144 valence electrons. The molecule has 0 aromatic rings. The third kappa shape index (κ3) is 1.66. The molecule has 3 fully saturated rings. The van der Waals surface area contributed by atoms with Crippen molar-refractivity contribution in [2.75, 3.05) is 6.61 Å². The molecule has 5 aliphatic rings. The Morgan fingerprint density at radius 3 is 2.69 bits per heavy atom. The second-order valence-corrected chi connectivity index (χ2v) is 9.58. The average molecular weight is 364 g/mol. The van der Waals surface area contributed by atoms with Gasteiger partial charge in [0.15, 0.2) is 0 Å². The van der Waals surface area contributed by atoms with Crippen molar-refractivity contribution in [1.82, 2.24) is 0 Å². The first-order chi connectivity index (χ1) is 12.2. The summed E-state index contributed by atoms with van der Waals surface area (Å²) in [7, 11) is 0. The molecule has 0 aromatic carbocycles. The molecular formula is C20H28O6. The van der Waals surface area contributed by atoms with Crippen LogP contribution in [-0.4, -0.2) is 57.4 Å². The molecule has 2 saturated carbocycles. The summed E-state index contributed by atoms with van der Waals surface area (Å²) in [5.74, 6) is -0.462. The molecule has 1 saturated heterocycles. The van der Waals surface area contributed by atoms with Crippen molar-refractivity contribution in [2.24, 2.45) is 23.2 Å². The number of fused-ring (bicyclic) bond motifs is 3. The lowest BCUT2D eigenvalue weighted by Crippen LogP contribution is -2.74. The quantitative estimate of drug-likeness (QED) is 0.473. The highest BCUT2D eigenvalue weighted by Crippen LogP contribution is 2.72. The van der Waals surface area contributed by atoms with Gasteiger partial charge in [0.2, 0.25) is 0 Å². The molecule has 3 N–H and O–H groups in total. The van der Waals surface area contributed by atoms with Crippen LogP contribution >= 0.6 is 0 Å². The van der Waals surface area contributed by atoms with Gasteiger partial charge < -0.3 is 24.8 Å². The van der Waals surface area contributed by atoms with E-state index in [1.165, 1.54) is 0 Å². The van der Waals surface area contributed by atoms with Crippen molar-refractivity contribution in [1.29, 1.82) is 0 Å². The first kappa shape index (κ1) is 17.2. The van der Waals surface area contributed by atoms with E-state index in [9.17, 15) is 20.1 Å². The predicted molar refractivity (Wildman–Crippen MR) is 90.9 cm³/mol. The summed E-state index contributed by atoms with van der Waals surface area (Å²) in [6.07, 6.45) is 0.182. The summed E-state index contributed by atoms with van der Waals surface area (Å²) in [6, 6.07) is 0. The molecule has 2 aliphatic heterocycles. The normalized spacial score (nSPS) is 55.0. The van der Waals surface area contributed by atoms with Gasteiger partial charge in [0.05, 0.1) is 18.3 Å². The summed E-state index contributed by atoms with van der Waals surface area (Å²) in [5, 5.41) is 34.0. The monoisotopic (exact) mass is 364 g/mol. The minimum absolute atomic E-state index is 0.0154. The number of aliphatic hydroxyl groups excluding tert-OH is 2. The first-order valence-corrected chi connectivity index (χ1v) is 9.83. The largest absolute Gasteiger partial charge is 0.458 e. The van der Waals surface area contributed by atoms with Crippen molar-refractivity contribution in [3.63, 3.8) is 0 Å². The molecule has 0 unspecified atom stereocenters. The van der Waals surface area contributed by atoms with Crippen LogP contribution in [0.25, 0.3) is 0 Å². The minimum atomic E-state index is -1.32. The Morgan fingerprint density at radius 1 is 1.27 bits per heavy atom. The second-order valence-electron chi connectivity index (χ2n) is 9.58. The van der Waals surface area contributed by atoms with Crippen molar-refractivity contribution in [3.05, 3.63) is 11.1 Å². The molecule has 1 spiro atoms. The molecule has 26 heavy (non-hydrogen) atoms. The average Bonchev–Trinajstić information content (AvgIpc) is 3.18. The molecule has 5 rings (SSSR count). The Balaban J connectivity index is 1.61. The Labute approximate surface area is 153 Å². The van der Waals surface area contributed by atoms with Crippen LogP contribution in [0.4, 0.5) is 0 Å². The van der Waals surface area contributed by atoms with Gasteiger partial charge in [-0.2, -0.15) is 0 Å². The van der Waals surface area contributed by atoms with Gasteiger partial charge >= 0.3 is 5.97 Å². The molecule has 0 aromatic heterocycles. The number of carbonyl (C=O) groups is 1. The van der Waals surface area contributed by atoms with Crippen LogP contribution in [0.1, 0.15) is 46.5 Å². The first-order valence-electron chi connectivity index (χ1n) is 9.83. The number of ether oxygens (including phenoxy) is 2. The van der Waals surface area contributed by atoms with Crippen LogP contribution in [-0.2, 0) is 14.3 Å². The summed E-state index contributed by atoms with van der Waals surface area (Å²) in [6.45, 7) is 6.31. The molecular weight excluding hydrogens is 336 g/mol. The van der Waals surface area contributed by atoms with Crippen molar-refractivity contribution >= 4 is 5.97 Å². The van der Waals surface area contributed by atoms with Gasteiger partial charge in [-0.15, -0.1) is 0 Å². The third-order valence-electron chi connectivity index (χ3n) is 8.40. The topological polar surface area (TPSA) is 99.5 Å². The van der Waals surface area contributed by atoms with Crippen LogP contribution in [0.15, 0.2) is 11.1 Å². The van der Waals surface area contributed by atoms with Crippen LogP contribution in [0.2, 0.25) is 0 Å². The Hall–Kier alpha value is -0.950. The Morgan fingerprint density at radius 2 is 2.00 bits per heavy atom. The van der Waals surface area contributed by atoms with Gasteiger partial charge in [-0.05, 0) is 36.7 Å². The van der Waals surface area contributed by atoms with Gasteiger partial charge in [0.25, 0.3) is 0 Å². The van der Waals surface area contributed by atoms with Crippen LogP contribution in [0, 0.1) is 23.2 Å². The zero-order valence-electron chi connectivity index (χ0n) is 15.6. The fourth-order valence-corrected chi connectivity index (χ4v) is 6.95. The highest BCUT2D eigenvalue weighted by molar-refractivity contribution is 5.92. The number of aliphatic hydroxyl groups is 3. The molecule has 0 bridgehead atoms. The van der Waals surface area contributed by atoms with Crippen molar-refractivity contribution in [3.8, 4) is 0 Å². The van der Waals surface area contributed by atoms with E-state index in [-0.39, 0.29) is 36.2 Å². The Kier molecular flexibility index (Phi) is 3.24. The van der Waals surface area contributed by atoms with Crippen LogP contribution in [0.5, 0.6) is 0 Å². The van der Waals surface area contributed by atoms with E-state index in [0.29, 0.717) is 25.9 Å². The highest BCUT2D eigenvalue weighted by Gasteiger charge is 2.84. The van der Waals surface area contributed by atoms with E-state index in [0.717, 1.165) is 11.1 Å². The zero-order valence-corrected chi connectivity index (χ0v) is 15.6. The number of cyclic esters (lactones) is 1. The molecule has 8 atom stereocenters. The molecule has 0 radical (unpaired) electrons. The van der Waals surface area contributed by atoms with E-state index in [2.05, 4.69) is 0 Å². The van der Waals surface area contributed by atoms with E-state index in [1.54, 1.807) is 0 Å². The number of rotatable bonds is 1. The molecule has 0 amide bonds. The lowest BCUT2D eigenvalue weighted by molar-refractivity contribution is -0.248. The van der Waals surface area contributed by atoms with E-state index < -0.39 is 28.8 Å². The fraction of sp³-hybridized carbons (Fsp3) is 0.850. The highest BCUT2D eigenvalue weighted by atomic mass is 16.6. The molecule has 6 heteroatoms. The van der Waals surface area contributed by atoms with E-state index in [4.69, 9.17) is 9.47 Å². The number of epoxide rings is 1. The van der Waals surface area contributed by atoms with Crippen LogP contribution in [0.3, 0.4) is 0 Å². The second kappa shape index (κ2) is 4.90. The van der Waals surface area contributed by atoms with Crippen molar-refractivity contribution in [2.45, 2.75) is 76.0 Å². The van der Waals surface area contributed by atoms with Gasteiger partial charge in [-0.25, -0.2) is 4.79 Å². The van der Waals surface area contributed by atoms with E-state index in [1.807, 2.05) is 20.8 Å². The number of hydrogen-bond acceptors (Lipinski definition) is 6. The maximum Gasteiger partial charge on any atom is 0.334 e. The van der Waals surface area contributed by atoms with Crippen LogP contribution < -0.4 is 0 Å². The standard InChI is InChI=1S/C20H28O6/c1-9(2)15-13(21)7-19(24)18(3)5-4-10-11(8-25-17(10)23)12(18)6-14-20(19,26-14)16(15)22/h9,12-16,21-22,24H,4-8H2,1-3H3/t12-,13-,14-,15+,16+,18-,19+,20+/m0/s1. The minimum Gasteiger partial charge on any atom is -0.458 e. The maximum absolute atomic E-state index is 12.0.